The van der Waals surface area contributed by atoms with Crippen molar-refractivity contribution in [2.75, 3.05) is 5.32 Å². The molecule has 1 heterocycles. The van der Waals surface area contributed by atoms with Gasteiger partial charge in [-0.25, -0.2) is 0 Å². The van der Waals surface area contributed by atoms with Gasteiger partial charge in [-0.1, -0.05) is 0 Å². The number of thiophene rings is 1. The van der Waals surface area contributed by atoms with Gasteiger partial charge in [-0.2, -0.15) is 4.39 Å². The van der Waals surface area contributed by atoms with Crippen LogP contribution < -0.4 is 5.32 Å². The van der Waals surface area contributed by atoms with Crippen LogP contribution in [0.4, 0.5) is 15.8 Å². The van der Waals surface area contributed by atoms with Gasteiger partial charge in [0.15, 0.2) is 0 Å². The maximum Gasteiger partial charge on any atom is 0.306 e. The van der Waals surface area contributed by atoms with Gasteiger partial charge in [-0.3, -0.25) is 10.1 Å². The van der Waals surface area contributed by atoms with E-state index in [1.165, 1.54) is 17.0 Å². The summed E-state index contributed by atoms with van der Waals surface area (Å²) in [7, 11) is 0. The predicted octanol–water partition coefficient (Wildman–Crippen LogP) is 3.72. The minimum Gasteiger partial charge on any atom is -0.380 e. The Morgan fingerprint density at radius 3 is 2.78 bits per heavy atom. The Morgan fingerprint density at radius 2 is 2.17 bits per heavy atom. The first-order chi connectivity index (χ1) is 8.56. The minimum atomic E-state index is -0.822. The molecule has 0 aliphatic rings. The van der Waals surface area contributed by atoms with Crippen molar-refractivity contribution in [3.05, 3.63) is 56.0 Å². The van der Waals surface area contributed by atoms with E-state index in [0.29, 0.717) is 12.2 Å². The molecule has 6 heteroatoms. The lowest BCUT2D eigenvalue weighted by Gasteiger charge is -2.04. The lowest BCUT2D eigenvalue weighted by atomic mass is 10.2. The summed E-state index contributed by atoms with van der Waals surface area (Å²) in [6.45, 7) is 2.58. The molecule has 0 spiro atoms. The van der Waals surface area contributed by atoms with Gasteiger partial charge in [-0.15, -0.1) is 11.3 Å². The molecule has 0 fully saturated rings. The van der Waals surface area contributed by atoms with E-state index in [-0.39, 0.29) is 0 Å². The van der Waals surface area contributed by atoms with Crippen molar-refractivity contribution in [1.82, 2.24) is 0 Å². The molecule has 4 nitrogen and oxygen atoms in total. The Labute approximate surface area is 107 Å². The second kappa shape index (κ2) is 5.14. The van der Waals surface area contributed by atoms with Crippen LogP contribution in [-0.2, 0) is 6.54 Å². The Hall–Kier alpha value is -1.95. The summed E-state index contributed by atoms with van der Waals surface area (Å²) in [4.78, 5) is 12.2. The normalized spacial score (nSPS) is 10.3. The maximum atomic E-state index is 13.1. The number of rotatable bonds is 4. The number of hydrogen-bond acceptors (Lipinski definition) is 4. The molecule has 0 saturated carbocycles. The van der Waals surface area contributed by atoms with Crippen LogP contribution in [-0.4, -0.2) is 4.92 Å². The van der Waals surface area contributed by atoms with Crippen LogP contribution in [0.25, 0.3) is 0 Å². The molecule has 0 radical (unpaired) electrons. The molecule has 0 unspecified atom stereocenters. The molecule has 2 aromatic rings. The monoisotopic (exact) mass is 266 g/mol. The van der Waals surface area contributed by atoms with Crippen molar-refractivity contribution in [1.29, 1.82) is 0 Å². The number of nitrogens with one attached hydrogen (secondary N) is 1. The SMILES string of the molecule is Cc1ccc(CNc2ccc(F)c([N+](=O)[O-])c2)s1. The van der Waals surface area contributed by atoms with E-state index in [2.05, 4.69) is 5.32 Å². The first-order valence-electron chi connectivity index (χ1n) is 5.29. The zero-order valence-electron chi connectivity index (χ0n) is 9.64. The van der Waals surface area contributed by atoms with Gasteiger partial charge in [0.2, 0.25) is 5.82 Å². The van der Waals surface area contributed by atoms with E-state index in [4.69, 9.17) is 0 Å². The lowest BCUT2D eigenvalue weighted by molar-refractivity contribution is -0.387. The number of nitro groups is 1. The average Bonchev–Trinajstić information content (AvgIpc) is 2.74. The van der Waals surface area contributed by atoms with Gasteiger partial charge in [-0.05, 0) is 31.2 Å². The van der Waals surface area contributed by atoms with E-state index in [0.717, 1.165) is 10.9 Å². The molecule has 0 aliphatic carbocycles. The minimum absolute atomic E-state index is 0.512. The zero-order chi connectivity index (χ0) is 13.1. The summed E-state index contributed by atoms with van der Waals surface area (Å²) in [5.41, 5.74) is 0.0245. The largest absolute Gasteiger partial charge is 0.380 e. The van der Waals surface area contributed by atoms with Crippen molar-refractivity contribution in [2.24, 2.45) is 0 Å². The quantitative estimate of drug-likeness (QED) is 0.678. The highest BCUT2D eigenvalue weighted by Gasteiger charge is 2.14. The topological polar surface area (TPSA) is 55.2 Å². The van der Waals surface area contributed by atoms with Crippen molar-refractivity contribution in [3.8, 4) is 0 Å². The number of hydrogen-bond donors (Lipinski definition) is 1. The summed E-state index contributed by atoms with van der Waals surface area (Å²) in [6.07, 6.45) is 0. The Kier molecular flexibility index (Phi) is 3.57. The van der Waals surface area contributed by atoms with E-state index >= 15 is 0 Å². The second-order valence-corrected chi connectivity index (χ2v) is 5.16. The van der Waals surface area contributed by atoms with Gasteiger partial charge in [0.25, 0.3) is 0 Å². The molecule has 1 aromatic carbocycles. The maximum absolute atomic E-state index is 13.1. The van der Waals surface area contributed by atoms with E-state index in [1.54, 1.807) is 11.3 Å². The van der Waals surface area contributed by atoms with Crippen molar-refractivity contribution < 1.29 is 9.31 Å². The molecule has 0 atom stereocenters. The number of nitro benzene ring substituents is 1. The third kappa shape index (κ3) is 2.84. The molecule has 0 bridgehead atoms. The second-order valence-electron chi connectivity index (χ2n) is 3.79. The fourth-order valence-corrected chi connectivity index (χ4v) is 2.36. The van der Waals surface area contributed by atoms with Crippen LogP contribution in [0, 0.1) is 22.9 Å². The molecule has 2 rings (SSSR count). The molecular weight excluding hydrogens is 255 g/mol. The molecule has 0 amide bonds. The smallest absolute Gasteiger partial charge is 0.306 e. The number of benzene rings is 1. The Balaban J connectivity index is 2.10. The average molecular weight is 266 g/mol. The highest BCUT2D eigenvalue weighted by molar-refractivity contribution is 7.11. The number of halogens is 1. The van der Waals surface area contributed by atoms with Crippen LogP contribution in [0.5, 0.6) is 0 Å². The predicted molar refractivity (Wildman–Crippen MR) is 69.4 cm³/mol. The zero-order valence-corrected chi connectivity index (χ0v) is 10.5. The van der Waals surface area contributed by atoms with E-state index in [9.17, 15) is 14.5 Å². The molecule has 0 saturated heterocycles. The Bertz CT molecular complexity index is 583. The first-order valence-corrected chi connectivity index (χ1v) is 6.11. The van der Waals surface area contributed by atoms with Gasteiger partial charge in [0.05, 0.1) is 4.92 Å². The van der Waals surface area contributed by atoms with Crippen molar-refractivity contribution in [2.45, 2.75) is 13.5 Å². The van der Waals surface area contributed by atoms with Crippen LogP contribution in [0.15, 0.2) is 30.3 Å². The standard InChI is InChI=1S/C12H11FN2O2S/c1-8-2-4-10(18-8)7-14-9-3-5-11(13)12(6-9)15(16)17/h2-6,14H,7H2,1H3. The van der Waals surface area contributed by atoms with Gasteiger partial charge in [0.1, 0.15) is 0 Å². The third-order valence-corrected chi connectivity index (χ3v) is 3.41. The third-order valence-electron chi connectivity index (χ3n) is 2.41. The van der Waals surface area contributed by atoms with Crippen molar-refractivity contribution in [3.63, 3.8) is 0 Å². The van der Waals surface area contributed by atoms with Crippen molar-refractivity contribution >= 4 is 22.7 Å². The van der Waals surface area contributed by atoms with Crippen LogP contribution >= 0.6 is 11.3 Å². The highest BCUT2D eigenvalue weighted by atomic mass is 32.1. The fraction of sp³-hybridized carbons (Fsp3) is 0.167. The molecule has 0 aliphatic heterocycles. The highest BCUT2D eigenvalue weighted by Crippen LogP contribution is 2.23. The van der Waals surface area contributed by atoms with E-state index in [1.807, 2.05) is 19.1 Å². The summed E-state index contributed by atoms with van der Waals surface area (Å²) in [5.74, 6) is -0.822. The Morgan fingerprint density at radius 1 is 1.39 bits per heavy atom. The molecule has 94 valence electrons. The van der Waals surface area contributed by atoms with Crippen LogP contribution in [0.3, 0.4) is 0 Å². The first kappa shape index (κ1) is 12.5. The summed E-state index contributed by atoms with van der Waals surface area (Å²) in [5, 5.41) is 13.6. The summed E-state index contributed by atoms with van der Waals surface area (Å²) < 4.78 is 13.1. The molecule has 18 heavy (non-hydrogen) atoms. The molecule has 1 aromatic heterocycles. The molecule has 1 N–H and O–H groups in total. The van der Waals surface area contributed by atoms with Gasteiger partial charge < -0.3 is 5.32 Å². The van der Waals surface area contributed by atoms with Crippen LogP contribution in [0.1, 0.15) is 9.75 Å². The number of anilines is 1. The molecular formula is C12H11FN2O2S. The summed E-state index contributed by atoms with van der Waals surface area (Å²) >= 11 is 1.65. The summed E-state index contributed by atoms with van der Waals surface area (Å²) in [6, 6.07) is 7.79. The lowest BCUT2D eigenvalue weighted by Crippen LogP contribution is -1.99. The van der Waals surface area contributed by atoms with Gasteiger partial charge in [0, 0.05) is 28.1 Å². The number of aryl methyl sites for hydroxylation is 1. The fourth-order valence-electron chi connectivity index (χ4n) is 1.53. The number of nitrogens with zero attached hydrogens (tertiary/aromatic N) is 1. The van der Waals surface area contributed by atoms with Crippen LogP contribution in [0.2, 0.25) is 0 Å². The van der Waals surface area contributed by atoms with Gasteiger partial charge >= 0.3 is 5.69 Å². The van der Waals surface area contributed by atoms with E-state index < -0.39 is 16.4 Å².